The number of carbonyl (C=O) groups is 1. The predicted molar refractivity (Wildman–Crippen MR) is 91.0 cm³/mol. The molecular formula is C18H28N2O2. The number of ketones is 1. The van der Waals surface area contributed by atoms with Crippen molar-refractivity contribution in [3.8, 4) is 5.75 Å². The molecule has 1 unspecified atom stereocenters. The third-order valence-corrected chi connectivity index (χ3v) is 4.02. The van der Waals surface area contributed by atoms with E-state index in [1.165, 1.54) is 0 Å². The standard InChI is InChI=1S/C18H28N2O2/c1-4-9-20(10-5-2)13-17(21)14-7-8-18-16(11-14)19-12-15(6-3)22-18/h7-8,11,15,19H,4-6,9-10,12-13H2,1-3H3. The number of nitrogens with zero attached hydrogens (tertiary/aromatic N) is 1. The zero-order valence-corrected chi connectivity index (χ0v) is 14.0. The molecule has 4 nitrogen and oxygen atoms in total. The molecule has 22 heavy (non-hydrogen) atoms. The van der Waals surface area contributed by atoms with Crippen LogP contribution >= 0.6 is 0 Å². The Kier molecular flexibility index (Phi) is 6.25. The van der Waals surface area contributed by atoms with Gasteiger partial charge in [-0.25, -0.2) is 0 Å². The highest BCUT2D eigenvalue weighted by atomic mass is 16.5. The van der Waals surface area contributed by atoms with Gasteiger partial charge in [0.05, 0.1) is 18.8 Å². The maximum atomic E-state index is 12.5. The van der Waals surface area contributed by atoms with E-state index >= 15 is 0 Å². The molecule has 1 N–H and O–H groups in total. The summed E-state index contributed by atoms with van der Waals surface area (Å²) >= 11 is 0. The molecule has 0 amide bonds. The number of anilines is 1. The Morgan fingerprint density at radius 1 is 1.27 bits per heavy atom. The van der Waals surface area contributed by atoms with Crippen molar-refractivity contribution < 1.29 is 9.53 Å². The van der Waals surface area contributed by atoms with E-state index in [2.05, 4.69) is 31.0 Å². The first kappa shape index (κ1) is 16.8. The van der Waals surface area contributed by atoms with E-state index in [9.17, 15) is 4.79 Å². The van der Waals surface area contributed by atoms with E-state index in [0.717, 1.165) is 55.9 Å². The summed E-state index contributed by atoms with van der Waals surface area (Å²) < 4.78 is 5.89. The van der Waals surface area contributed by atoms with Gasteiger partial charge in [0.15, 0.2) is 5.78 Å². The van der Waals surface area contributed by atoms with Crippen LogP contribution in [-0.4, -0.2) is 43.0 Å². The second kappa shape index (κ2) is 8.18. The molecule has 1 aromatic carbocycles. The molecule has 0 saturated heterocycles. The minimum atomic E-state index is 0.184. The van der Waals surface area contributed by atoms with Crippen LogP contribution in [0.1, 0.15) is 50.4 Å². The van der Waals surface area contributed by atoms with Crippen LogP contribution in [0.5, 0.6) is 5.75 Å². The molecule has 1 heterocycles. The molecule has 0 aliphatic carbocycles. The van der Waals surface area contributed by atoms with Crippen LogP contribution in [0.4, 0.5) is 5.69 Å². The number of fused-ring (bicyclic) bond motifs is 1. The van der Waals surface area contributed by atoms with Gasteiger partial charge in [0.2, 0.25) is 0 Å². The third-order valence-electron chi connectivity index (χ3n) is 4.02. The normalized spacial score (nSPS) is 16.8. The van der Waals surface area contributed by atoms with Crippen LogP contribution < -0.4 is 10.1 Å². The number of hydrogen-bond acceptors (Lipinski definition) is 4. The molecule has 122 valence electrons. The Morgan fingerprint density at radius 2 is 2.00 bits per heavy atom. The predicted octanol–water partition coefficient (Wildman–Crippen LogP) is 3.57. The lowest BCUT2D eigenvalue weighted by molar-refractivity contribution is 0.0930. The van der Waals surface area contributed by atoms with Crippen molar-refractivity contribution in [3.63, 3.8) is 0 Å². The number of carbonyl (C=O) groups excluding carboxylic acids is 1. The molecule has 0 saturated carbocycles. The summed E-state index contributed by atoms with van der Waals surface area (Å²) in [5, 5.41) is 3.37. The van der Waals surface area contributed by atoms with Gasteiger partial charge in [-0.3, -0.25) is 9.69 Å². The lowest BCUT2D eigenvalue weighted by Gasteiger charge is -2.27. The maximum Gasteiger partial charge on any atom is 0.176 e. The Hall–Kier alpha value is -1.55. The first-order valence-electron chi connectivity index (χ1n) is 8.48. The highest BCUT2D eigenvalue weighted by molar-refractivity contribution is 5.98. The van der Waals surface area contributed by atoms with Crippen LogP contribution in [0.25, 0.3) is 0 Å². The number of ether oxygens (including phenoxy) is 1. The maximum absolute atomic E-state index is 12.5. The number of benzene rings is 1. The Labute approximate surface area is 133 Å². The van der Waals surface area contributed by atoms with Gasteiger partial charge in [0, 0.05) is 5.56 Å². The molecule has 0 fully saturated rings. The van der Waals surface area contributed by atoms with Crippen molar-refractivity contribution in [2.45, 2.75) is 46.1 Å². The monoisotopic (exact) mass is 304 g/mol. The fourth-order valence-corrected chi connectivity index (χ4v) is 2.81. The molecule has 0 aromatic heterocycles. The minimum absolute atomic E-state index is 0.184. The van der Waals surface area contributed by atoms with Crippen molar-refractivity contribution in [3.05, 3.63) is 23.8 Å². The van der Waals surface area contributed by atoms with Gasteiger partial charge in [0.1, 0.15) is 11.9 Å². The first-order valence-corrected chi connectivity index (χ1v) is 8.48. The van der Waals surface area contributed by atoms with E-state index in [0.29, 0.717) is 6.54 Å². The summed E-state index contributed by atoms with van der Waals surface area (Å²) in [5.41, 5.74) is 1.70. The van der Waals surface area contributed by atoms with Crippen LogP contribution in [0.2, 0.25) is 0 Å². The molecule has 1 atom stereocenters. The van der Waals surface area contributed by atoms with Crippen molar-refractivity contribution in [1.82, 2.24) is 4.90 Å². The molecule has 0 radical (unpaired) electrons. The van der Waals surface area contributed by atoms with Gasteiger partial charge in [-0.1, -0.05) is 20.8 Å². The molecule has 1 aliphatic rings. The fraction of sp³-hybridized carbons (Fsp3) is 0.611. The molecular weight excluding hydrogens is 276 g/mol. The van der Waals surface area contributed by atoms with E-state index in [4.69, 9.17) is 4.74 Å². The average molecular weight is 304 g/mol. The lowest BCUT2D eigenvalue weighted by Crippen LogP contribution is -2.32. The number of hydrogen-bond donors (Lipinski definition) is 1. The van der Waals surface area contributed by atoms with E-state index in [1.807, 2.05) is 18.2 Å². The highest BCUT2D eigenvalue weighted by Crippen LogP contribution is 2.30. The topological polar surface area (TPSA) is 41.6 Å². The van der Waals surface area contributed by atoms with Gasteiger partial charge in [-0.05, 0) is 50.6 Å². The fourth-order valence-electron chi connectivity index (χ4n) is 2.81. The van der Waals surface area contributed by atoms with Gasteiger partial charge in [-0.2, -0.15) is 0 Å². The van der Waals surface area contributed by atoms with Gasteiger partial charge >= 0.3 is 0 Å². The smallest absolute Gasteiger partial charge is 0.176 e. The third kappa shape index (κ3) is 4.23. The van der Waals surface area contributed by atoms with Crippen molar-refractivity contribution in [2.75, 3.05) is 31.5 Å². The van der Waals surface area contributed by atoms with E-state index in [-0.39, 0.29) is 11.9 Å². The molecule has 0 spiro atoms. The quantitative estimate of drug-likeness (QED) is 0.745. The largest absolute Gasteiger partial charge is 0.486 e. The zero-order valence-electron chi connectivity index (χ0n) is 14.0. The summed E-state index contributed by atoms with van der Waals surface area (Å²) in [6.07, 6.45) is 3.35. The Balaban J connectivity index is 2.04. The van der Waals surface area contributed by atoms with Crippen molar-refractivity contribution >= 4 is 11.5 Å². The second-order valence-corrected chi connectivity index (χ2v) is 5.94. The van der Waals surface area contributed by atoms with Gasteiger partial charge in [0.25, 0.3) is 0 Å². The highest BCUT2D eigenvalue weighted by Gasteiger charge is 2.19. The average Bonchev–Trinajstić information content (AvgIpc) is 2.54. The molecule has 0 bridgehead atoms. The van der Waals surface area contributed by atoms with Crippen LogP contribution in [0, 0.1) is 0 Å². The van der Waals surface area contributed by atoms with Crippen LogP contribution in [-0.2, 0) is 0 Å². The summed E-state index contributed by atoms with van der Waals surface area (Å²) in [5.74, 6) is 1.04. The summed E-state index contributed by atoms with van der Waals surface area (Å²) in [7, 11) is 0. The van der Waals surface area contributed by atoms with Crippen molar-refractivity contribution in [1.29, 1.82) is 0 Å². The zero-order chi connectivity index (χ0) is 15.9. The van der Waals surface area contributed by atoms with E-state index < -0.39 is 0 Å². The Bertz CT molecular complexity index is 496. The van der Waals surface area contributed by atoms with Gasteiger partial charge < -0.3 is 10.1 Å². The molecule has 1 aliphatic heterocycles. The Morgan fingerprint density at radius 3 is 2.64 bits per heavy atom. The SMILES string of the molecule is CCCN(CCC)CC(=O)c1ccc2c(c1)NCC(CC)O2. The second-order valence-electron chi connectivity index (χ2n) is 5.94. The number of nitrogens with one attached hydrogen (secondary N) is 1. The lowest BCUT2D eigenvalue weighted by atomic mass is 10.1. The van der Waals surface area contributed by atoms with Gasteiger partial charge in [-0.15, -0.1) is 0 Å². The van der Waals surface area contributed by atoms with E-state index in [1.54, 1.807) is 0 Å². The van der Waals surface area contributed by atoms with Crippen LogP contribution in [0.3, 0.4) is 0 Å². The molecule has 1 aromatic rings. The molecule has 2 rings (SSSR count). The summed E-state index contributed by atoms with van der Waals surface area (Å²) in [6.45, 7) is 9.67. The van der Waals surface area contributed by atoms with Crippen LogP contribution in [0.15, 0.2) is 18.2 Å². The minimum Gasteiger partial charge on any atom is -0.486 e. The first-order chi connectivity index (χ1) is 10.7. The summed E-state index contributed by atoms with van der Waals surface area (Å²) in [4.78, 5) is 14.7. The van der Waals surface area contributed by atoms with Crippen molar-refractivity contribution in [2.24, 2.45) is 0 Å². The summed E-state index contributed by atoms with van der Waals surface area (Å²) in [6, 6.07) is 5.73. The molecule has 4 heteroatoms. The number of rotatable bonds is 8. The number of Topliss-reactive ketones (excluding diaryl/α,β-unsaturated/α-hetero) is 1.